The van der Waals surface area contributed by atoms with Crippen molar-refractivity contribution in [1.29, 1.82) is 0 Å². The fourth-order valence-electron chi connectivity index (χ4n) is 2.12. The van der Waals surface area contributed by atoms with Crippen molar-refractivity contribution in [2.75, 3.05) is 24.4 Å². The normalized spacial score (nSPS) is 14.9. The molecular weight excluding hydrogens is 236 g/mol. The highest BCUT2D eigenvalue weighted by atomic mass is 35.5. The summed E-state index contributed by atoms with van der Waals surface area (Å²) >= 11 is 5.61. The predicted octanol–water partition coefficient (Wildman–Crippen LogP) is 1.92. The van der Waals surface area contributed by atoms with Crippen molar-refractivity contribution in [2.45, 2.75) is 19.4 Å². The number of carbonyl (C=O) groups excluding carboxylic acids is 1. The van der Waals surface area contributed by atoms with Crippen LogP contribution in [0.5, 0.6) is 0 Å². The summed E-state index contributed by atoms with van der Waals surface area (Å²) in [5.74, 6) is 0.827. The molecule has 0 unspecified atom stereocenters. The minimum absolute atomic E-state index is 0.200. The van der Waals surface area contributed by atoms with Crippen LogP contribution in [0.15, 0.2) is 18.2 Å². The van der Waals surface area contributed by atoms with Gasteiger partial charge in [-0.25, -0.2) is 0 Å². The molecule has 0 bridgehead atoms. The quantitative estimate of drug-likeness (QED) is 0.656. The minimum atomic E-state index is 0.200. The molecule has 4 heteroatoms. The Balaban J connectivity index is 2.12. The number of carbonyl (C=O) groups is 1. The second-order valence-corrected chi connectivity index (χ2v) is 4.66. The van der Waals surface area contributed by atoms with Crippen molar-refractivity contribution in [1.82, 2.24) is 5.32 Å². The molecule has 0 radical (unpaired) electrons. The van der Waals surface area contributed by atoms with Gasteiger partial charge in [-0.1, -0.05) is 12.1 Å². The smallest absolute Gasteiger partial charge is 0.227 e. The van der Waals surface area contributed by atoms with Gasteiger partial charge in [-0.3, -0.25) is 4.79 Å². The Morgan fingerprint density at radius 2 is 2.24 bits per heavy atom. The predicted molar refractivity (Wildman–Crippen MR) is 70.6 cm³/mol. The van der Waals surface area contributed by atoms with Crippen molar-refractivity contribution < 1.29 is 4.79 Å². The number of benzene rings is 1. The number of halogens is 1. The zero-order valence-corrected chi connectivity index (χ0v) is 10.8. The minimum Gasteiger partial charge on any atom is -0.315 e. The molecule has 0 spiro atoms. The lowest BCUT2D eigenvalue weighted by Crippen LogP contribution is -2.31. The average molecular weight is 253 g/mol. The monoisotopic (exact) mass is 252 g/mol. The highest BCUT2D eigenvalue weighted by Gasteiger charge is 2.20. The summed E-state index contributed by atoms with van der Waals surface area (Å²) in [6.45, 7) is 1.65. The molecule has 0 saturated heterocycles. The van der Waals surface area contributed by atoms with Crippen LogP contribution in [0.3, 0.4) is 0 Å². The zero-order chi connectivity index (χ0) is 12.3. The van der Waals surface area contributed by atoms with Gasteiger partial charge in [-0.2, -0.15) is 0 Å². The molecule has 1 aliphatic heterocycles. The maximum Gasteiger partial charge on any atom is 0.227 e. The largest absolute Gasteiger partial charge is 0.315 e. The van der Waals surface area contributed by atoms with Crippen molar-refractivity contribution in [3.8, 4) is 0 Å². The van der Waals surface area contributed by atoms with Crippen LogP contribution in [-0.4, -0.2) is 25.4 Å². The SMILES string of the molecule is CN1C(=O)CCc2cc(CNCCCl)ccc21. The fourth-order valence-corrected chi connectivity index (χ4v) is 2.25. The number of hydrogen-bond donors (Lipinski definition) is 1. The van der Waals surface area contributed by atoms with Crippen molar-refractivity contribution in [2.24, 2.45) is 0 Å². The Morgan fingerprint density at radius 1 is 1.41 bits per heavy atom. The summed E-state index contributed by atoms with van der Waals surface area (Å²) in [5.41, 5.74) is 3.55. The van der Waals surface area contributed by atoms with Gasteiger partial charge in [0.25, 0.3) is 0 Å². The van der Waals surface area contributed by atoms with Gasteiger partial charge in [0.15, 0.2) is 0 Å². The second-order valence-electron chi connectivity index (χ2n) is 4.28. The maximum atomic E-state index is 11.6. The Bertz CT molecular complexity index is 420. The summed E-state index contributed by atoms with van der Waals surface area (Å²) < 4.78 is 0. The molecular formula is C13H17ClN2O. The Labute approximate surface area is 107 Å². The van der Waals surface area contributed by atoms with E-state index in [0.29, 0.717) is 12.3 Å². The van der Waals surface area contributed by atoms with Crippen LogP contribution >= 0.6 is 11.6 Å². The van der Waals surface area contributed by atoms with E-state index in [1.807, 2.05) is 13.1 Å². The first kappa shape index (κ1) is 12.4. The van der Waals surface area contributed by atoms with Crippen molar-refractivity contribution >= 4 is 23.2 Å². The van der Waals surface area contributed by atoms with Gasteiger partial charge in [-0.05, 0) is 23.6 Å². The first-order chi connectivity index (χ1) is 8.22. The van der Waals surface area contributed by atoms with E-state index in [9.17, 15) is 4.79 Å². The summed E-state index contributed by atoms with van der Waals surface area (Å²) in [7, 11) is 1.84. The summed E-state index contributed by atoms with van der Waals surface area (Å²) in [6.07, 6.45) is 1.46. The topological polar surface area (TPSA) is 32.3 Å². The standard InChI is InChI=1S/C13H17ClN2O/c1-16-12-4-2-10(9-15-7-6-14)8-11(12)3-5-13(16)17/h2,4,8,15H,3,5-7,9H2,1H3. The molecule has 0 fully saturated rings. The molecule has 0 aromatic heterocycles. The number of anilines is 1. The Hall–Kier alpha value is -1.06. The van der Waals surface area contributed by atoms with E-state index in [4.69, 9.17) is 11.6 Å². The lowest BCUT2D eigenvalue weighted by molar-refractivity contribution is -0.118. The van der Waals surface area contributed by atoms with E-state index in [-0.39, 0.29) is 5.91 Å². The van der Waals surface area contributed by atoms with Crippen LogP contribution in [0, 0.1) is 0 Å². The molecule has 0 aliphatic carbocycles. The molecule has 3 nitrogen and oxygen atoms in total. The lowest BCUT2D eigenvalue weighted by atomic mass is 9.99. The van der Waals surface area contributed by atoms with Crippen molar-refractivity contribution in [3.05, 3.63) is 29.3 Å². The van der Waals surface area contributed by atoms with Crippen LogP contribution in [-0.2, 0) is 17.8 Å². The van der Waals surface area contributed by atoms with Gasteiger partial charge in [0.2, 0.25) is 5.91 Å². The van der Waals surface area contributed by atoms with Gasteiger partial charge < -0.3 is 10.2 Å². The maximum absolute atomic E-state index is 11.6. The molecule has 92 valence electrons. The number of nitrogens with zero attached hydrogens (tertiary/aromatic N) is 1. The van der Waals surface area contributed by atoms with E-state index in [0.717, 1.165) is 25.2 Å². The second kappa shape index (κ2) is 5.52. The number of amides is 1. The first-order valence-corrected chi connectivity index (χ1v) is 6.41. The highest BCUT2D eigenvalue weighted by molar-refractivity contribution is 6.18. The number of aryl methyl sites for hydroxylation is 1. The molecule has 0 atom stereocenters. The van der Waals surface area contributed by atoms with Crippen LogP contribution in [0.25, 0.3) is 0 Å². The van der Waals surface area contributed by atoms with E-state index >= 15 is 0 Å². The molecule has 1 amide bonds. The Morgan fingerprint density at radius 3 is 3.00 bits per heavy atom. The van der Waals surface area contributed by atoms with Crippen LogP contribution in [0.4, 0.5) is 5.69 Å². The molecule has 2 rings (SSSR count). The molecule has 17 heavy (non-hydrogen) atoms. The van der Waals surface area contributed by atoms with Crippen LogP contribution < -0.4 is 10.2 Å². The van der Waals surface area contributed by atoms with E-state index in [1.54, 1.807) is 4.90 Å². The number of hydrogen-bond acceptors (Lipinski definition) is 2. The van der Waals surface area contributed by atoms with Crippen LogP contribution in [0.1, 0.15) is 17.5 Å². The van der Waals surface area contributed by atoms with Gasteiger partial charge in [0.05, 0.1) is 0 Å². The fraction of sp³-hybridized carbons (Fsp3) is 0.462. The lowest BCUT2D eigenvalue weighted by Gasteiger charge is -2.26. The van der Waals surface area contributed by atoms with Gasteiger partial charge >= 0.3 is 0 Å². The molecule has 1 aromatic carbocycles. The molecule has 1 N–H and O–H groups in total. The molecule has 1 aliphatic rings. The third-order valence-electron chi connectivity index (χ3n) is 3.09. The highest BCUT2D eigenvalue weighted by Crippen LogP contribution is 2.27. The molecule has 0 saturated carbocycles. The number of alkyl halides is 1. The van der Waals surface area contributed by atoms with Gasteiger partial charge in [-0.15, -0.1) is 11.6 Å². The molecule has 1 aromatic rings. The average Bonchev–Trinajstić information content (AvgIpc) is 2.34. The van der Waals surface area contributed by atoms with E-state index < -0.39 is 0 Å². The van der Waals surface area contributed by atoms with Gasteiger partial charge in [0.1, 0.15) is 0 Å². The van der Waals surface area contributed by atoms with E-state index in [1.165, 1.54) is 11.1 Å². The van der Waals surface area contributed by atoms with Crippen molar-refractivity contribution in [3.63, 3.8) is 0 Å². The summed E-state index contributed by atoms with van der Waals surface area (Å²) in [4.78, 5) is 13.3. The first-order valence-electron chi connectivity index (χ1n) is 5.87. The third kappa shape index (κ3) is 2.79. The number of nitrogens with one attached hydrogen (secondary N) is 1. The van der Waals surface area contributed by atoms with Gasteiger partial charge in [0, 0.05) is 38.1 Å². The zero-order valence-electron chi connectivity index (χ0n) is 10.0. The number of fused-ring (bicyclic) bond motifs is 1. The van der Waals surface area contributed by atoms with E-state index in [2.05, 4.69) is 17.4 Å². The summed E-state index contributed by atoms with van der Waals surface area (Å²) in [6, 6.07) is 6.28. The van der Waals surface area contributed by atoms with Crippen LogP contribution in [0.2, 0.25) is 0 Å². The molecule has 1 heterocycles. The third-order valence-corrected chi connectivity index (χ3v) is 3.28. The Kier molecular flexibility index (Phi) is 4.02. The number of rotatable bonds is 4. The summed E-state index contributed by atoms with van der Waals surface area (Å²) in [5, 5.41) is 3.27.